The molecule has 92 valence electrons. The van der Waals surface area contributed by atoms with E-state index in [1.165, 1.54) is 25.7 Å². The molecular formula is C13H24N2O. The molecule has 2 rings (SSSR count). The Morgan fingerprint density at radius 1 is 1.00 bits per heavy atom. The van der Waals surface area contributed by atoms with E-state index in [9.17, 15) is 4.79 Å². The lowest BCUT2D eigenvalue weighted by Crippen LogP contribution is -2.49. The van der Waals surface area contributed by atoms with E-state index in [4.69, 9.17) is 5.73 Å². The van der Waals surface area contributed by atoms with Crippen LogP contribution in [-0.2, 0) is 4.79 Å². The van der Waals surface area contributed by atoms with Gasteiger partial charge >= 0.3 is 0 Å². The van der Waals surface area contributed by atoms with Gasteiger partial charge in [-0.3, -0.25) is 4.79 Å². The Morgan fingerprint density at radius 3 is 2.19 bits per heavy atom. The molecule has 0 bridgehead atoms. The predicted molar refractivity (Wildman–Crippen MR) is 65.0 cm³/mol. The Morgan fingerprint density at radius 2 is 1.56 bits per heavy atom. The van der Waals surface area contributed by atoms with Gasteiger partial charge in [-0.05, 0) is 38.0 Å². The van der Waals surface area contributed by atoms with Gasteiger partial charge in [0.1, 0.15) is 0 Å². The number of nitrogens with zero attached hydrogens (tertiary/aromatic N) is 1. The van der Waals surface area contributed by atoms with Crippen molar-refractivity contribution in [3.63, 3.8) is 0 Å². The van der Waals surface area contributed by atoms with Crippen molar-refractivity contribution in [1.82, 2.24) is 4.90 Å². The fourth-order valence-corrected chi connectivity index (χ4v) is 3.02. The molecule has 0 aromatic heterocycles. The highest BCUT2D eigenvalue weighted by molar-refractivity contribution is 5.82. The number of hydrogen-bond donors (Lipinski definition) is 1. The number of nitrogens with two attached hydrogens (primary N) is 1. The first kappa shape index (κ1) is 11.9. The SMILES string of the molecule is NC(C(=O)N1CCCCC1)C1CCCCC1. The molecule has 16 heavy (non-hydrogen) atoms. The number of hydrogen-bond acceptors (Lipinski definition) is 2. The molecule has 1 saturated heterocycles. The van der Waals surface area contributed by atoms with Crippen molar-refractivity contribution in [3.8, 4) is 0 Å². The molecule has 0 spiro atoms. The fourth-order valence-electron chi connectivity index (χ4n) is 3.02. The van der Waals surface area contributed by atoms with Crippen LogP contribution in [0.1, 0.15) is 51.4 Å². The molecule has 2 fully saturated rings. The van der Waals surface area contributed by atoms with Crippen molar-refractivity contribution in [2.75, 3.05) is 13.1 Å². The maximum Gasteiger partial charge on any atom is 0.239 e. The average molecular weight is 224 g/mol. The first-order chi connectivity index (χ1) is 7.79. The lowest BCUT2D eigenvalue weighted by atomic mass is 9.83. The Hall–Kier alpha value is -0.570. The molecule has 3 heteroatoms. The van der Waals surface area contributed by atoms with E-state index >= 15 is 0 Å². The third kappa shape index (κ3) is 2.76. The van der Waals surface area contributed by atoms with Gasteiger partial charge in [-0.25, -0.2) is 0 Å². The molecule has 3 nitrogen and oxygen atoms in total. The van der Waals surface area contributed by atoms with E-state index in [1.807, 2.05) is 4.90 Å². The van der Waals surface area contributed by atoms with E-state index in [1.54, 1.807) is 0 Å². The molecule has 0 aromatic rings. The number of piperidine rings is 1. The molecule has 0 aromatic carbocycles. The standard InChI is InChI=1S/C13H24N2O/c14-12(11-7-3-1-4-8-11)13(16)15-9-5-2-6-10-15/h11-12H,1-10,14H2. The molecule has 1 saturated carbocycles. The molecule has 1 atom stereocenters. The van der Waals surface area contributed by atoms with Gasteiger partial charge in [-0.1, -0.05) is 19.3 Å². The van der Waals surface area contributed by atoms with Crippen LogP contribution in [0.2, 0.25) is 0 Å². The van der Waals surface area contributed by atoms with Crippen LogP contribution >= 0.6 is 0 Å². The molecule has 1 heterocycles. The van der Waals surface area contributed by atoms with Crippen LogP contribution in [0, 0.1) is 5.92 Å². The first-order valence-electron chi connectivity index (χ1n) is 6.83. The van der Waals surface area contributed by atoms with Gasteiger partial charge < -0.3 is 10.6 Å². The van der Waals surface area contributed by atoms with Gasteiger partial charge in [-0.2, -0.15) is 0 Å². The first-order valence-corrected chi connectivity index (χ1v) is 6.83. The molecule has 1 amide bonds. The lowest BCUT2D eigenvalue weighted by Gasteiger charge is -2.33. The largest absolute Gasteiger partial charge is 0.341 e. The maximum atomic E-state index is 12.2. The van der Waals surface area contributed by atoms with Gasteiger partial charge in [-0.15, -0.1) is 0 Å². The van der Waals surface area contributed by atoms with E-state index in [0.29, 0.717) is 5.92 Å². The summed E-state index contributed by atoms with van der Waals surface area (Å²) in [6.07, 6.45) is 9.72. The van der Waals surface area contributed by atoms with E-state index in [-0.39, 0.29) is 11.9 Å². The van der Waals surface area contributed by atoms with Crippen LogP contribution in [0.15, 0.2) is 0 Å². The van der Waals surface area contributed by atoms with Crippen molar-refractivity contribution in [3.05, 3.63) is 0 Å². The second kappa shape index (κ2) is 5.67. The molecule has 2 N–H and O–H groups in total. The molecular weight excluding hydrogens is 200 g/mol. The summed E-state index contributed by atoms with van der Waals surface area (Å²) in [5.74, 6) is 0.662. The Labute approximate surface area is 98.4 Å². The van der Waals surface area contributed by atoms with Crippen molar-refractivity contribution in [1.29, 1.82) is 0 Å². The van der Waals surface area contributed by atoms with E-state index in [0.717, 1.165) is 38.8 Å². The minimum absolute atomic E-state index is 0.214. The summed E-state index contributed by atoms with van der Waals surface area (Å²) in [5.41, 5.74) is 6.13. The minimum atomic E-state index is -0.224. The monoisotopic (exact) mass is 224 g/mol. The molecule has 1 aliphatic carbocycles. The zero-order valence-electron chi connectivity index (χ0n) is 10.2. The summed E-state index contributed by atoms with van der Waals surface area (Å²) >= 11 is 0. The van der Waals surface area contributed by atoms with Crippen LogP contribution in [0.5, 0.6) is 0 Å². The van der Waals surface area contributed by atoms with Crippen molar-refractivity contribution < 1.29 is 4.79 Å². The van der Waals surface area contributed by atoms with Crippen LogP contribution in [0.4, 0.5) is 0 Å². The summed E-state index contributed by atoms with van der Waals surface area (Å²) in [4.78, 5) is 14.2. The highest BCUT2D eigenvalue weighted by atomic mass is 16.2. The van der Waals surface area contributed by atoms with Gasteiger partial charge in [0, 0.05) is 13.1 Å². The number of rotatable bonds is 2. The quantitative estimate of drug-likeness (QED) is 0.778. The van der Waals surface area contributed by atoms with Crippen LogP contribution in [-0.4, -0.2) is 29.9 Å². The second-order valence-corrected chi connectivity index (χ2v) is 5.31. The van der Waals surface area contributed by atoms with Gasteiger partial charge in [0.25, 0.3) is 0 Å². The molecule has 1 aliphatic heterocycles. The van der Waals surface area contributed by atoms with Crippen LogP contribution < -0.4 is 5.73 Å². The van der Waals surface area contributed by atoms with E-state index in [2.05, 4.69) is 0 Å². The maximum absolute atomic E-state index is 12.2. The van der Waals surface area contributed by atoms with Crippen molar-refractivity contribution in [2.24, 2.45) is 11.7 Å². The van der Waals surface area contributed by atoms with Gasteiger partial charge in [0.05, 0.1) is 6.04 Å². The lowest BCUT2D eigenvalue weighted by molar-refractivity contribution is -0.135. The fraction of sp³-hybridized carbons (Fsp3) is 0.923. The number of carbonyl (C=O) groups is 1. The zero-order valence-corrected chi connectivity index (χ0v) is 10.2. The number of likely N-dealkylation sites (tertiary alicyclic amines) is 1. The highest BCUT2D eigenvalue weighted by Crippen LogP contribution is 2.26. The number of amides is 1. The Balaban J connectivity index is 1.86. The third-order valence-corrected chi connectivity index (χ3v) is 4.11. The molecule has 2 aliphatic rings. The molecule has 1 unspecified atom stereocenters. The summed E-state index contributed by atoms with van der Waals surface area (Å²) in [5, 5.41) is 0. The van der Waals surface area contributed by atoms with Crippen molar-refractivity contribution in [2.45, 2.75) is 57.4 Å². The summed E-state index contributed by atoms with van der Waals surface area (Å²) in [7, 11) is 0. The molecule has 0 radical (unpaired) electrons. The Bertz CT molecular complexity index is 230. The normalized spacial score (nSPS) is 25.4. The Kier molecular flexibility index (Phi) is 4.22. The topological polar surface area (TPSA) is 46.3 Å². The van der Waals surface area contributed by atoms with Crippen LogP contribution in [0.25, 0.3) is 0 Å². The average Bonchev–Trinajstić information content (AvgIpc) is 2.39. The van der Waals surface area contributed by atoms with E-state index < -0.39 is 0 Å². The van der Waals surface area contributed by atoms with Gasteiger partial charge in [0.15, 0.2) is 0 Å². The summed E-state index contributed by atoms with van der Waals surface area (Å²) < 4.78 is 0. The predicted octanol–water partition coefficient (Wildman–Crippen LogP) is 1.91. The van der Waals surface area contributed by atoms with Gasteiger partial charge in [0.2, 0.25) is 5.91 Å². The van der Waals surface area contributed by atoms with Crippen molar-refractivity contribution >= 4 is 5.91 Å². The third-order valence-electron chi connectivity index (χ3n) is 4.11. The summed E-state index contributed by atoms with van der Waals surface area (Å²) in [6, 6.07) is -0.224. The highest BCUT2D eigenvalue weighted by Gasteiger charge is 2.29. The summed E-state index contributed by atoms with van der Waals surface area (Å²) in [6.45, 7) is 1.86. The zero-order chi connectivity index (χ0) is 11.4. The van der Waals surface area contributed by atoms with Crippen LogP contribution in [0.3, 0.4) is 0 Å². The smallest absolute Gasteiger partial charge is 0.239 e. The second-order valence-electron chi connectivity index (χ2n) is 5.31. The number of carbonyl (C=O) groups excluding carboxylic acids is 1. The minimum Gasteiger partial charge on any atom is -0.341 e.